The summed E-state index contributed by atoms with van der Waals surface area (Å²) in [6, 6.07) is 10.4. The van der Waals surface area contributed by atoms with Gasteiger partial charge in [0.25, 0.3) is 5.91 Å². The van der Waals surface area contributed by atoms with E-state index >= 15 is 0 Å². The maximum absolute atomic E-state index is 11.9. The van der Waals surface area contributed by atoms with E-state index in [4.69, 9.17) is 4.74 Å². The normalized spacial score (nSPS) is 10.0. The Morgan fingerprint density at radius 3 is 2.65 bits per heavy atom. The second-order valence-corrected chi connectivity index (χ2v) is 5.53. The van der Waals surface area contributed by atoms with Gasteiger partial charge in [0.2, 0.25) is 5.91 Å². The fourth-order valence-corrected chi connectivity index (χ4v) is 2.10. The maximum Gasteiger partial charge on any atom is 0.251 e. The molecule has 0 bridgehead atoms. The Balaban J connectivity index is 1.80. The van der Waals surface area contributed by atoms with Crippen LogP contribution in [0.4, 0.5) is 5.82 Å². The highest BCUT2D eigenvalue weighted by Gasteiger charge is 2.09. The van der Waals surface area contributed by atoms with Gasteiger partial charge in [-0.1, -0.05) is 15.9 Å². The number of benzene rings is 1. The third-order valence-electron chi connectivity index (χ3n) is 2.99. The van der Waals surface area contributed by atoms with Crippen molar-refractivity contribution in [2.24, 2.45) is 0 Å². The zero-order chi connectivity index (χ0) is 16.7. The Morgan fingerprint density at radius 1 is 1.22 bits per heavy atom. The van der Waals surface area contributed by atoms with Crippen molar-refractivity contribution in [1.29, 1.82) is 0 Å². The molecule has 0 aliphatic heterocycles. The van der Waals surface area contributed by atoms with Crippen LogP contribution in [0.3, 0.4) is 0 Å². The summed E-state index contributed by atoms with van der Waals surface area (Å²) in [7, 11) is 1.51. The summed E-state index contributed by atoms with van der Waals surface area (Å²) in [5, 5.41) is 5.35. The van der Waals surface area contributed by atoms with Gasteiger partial charge >= 0.3 is 0 Å². The molecule has 120 valence electrons. The topological polar surface area (TPSA) is 80.3 Å². The van der Waals surface area contributed by atoms with Crippen LogP contribution in [0.15, 0.2) is 47.1 Å². The van der Waals surface area contributed by atoms with Crippen LogP contribution in [-0.2, 0) is 4.79 Å². The molecule has 2 N–H and O–H groups in total. The third-order valence-corrected chi connectivity index (χ3v) is 3.52. The number of ether oxygens (including phenoxy) is 1. The zero-order valence-corrected chi connectivity index (χ0v) is 14.1. The minimum absolute atomic E-state index is 0.141. The van der Waals surface area contributed by atoms with Crippen molar-refractivity contribution in [2.45, 2.75) is 6.42 Å². The van der Waals surface area contributed by atoms with Crippen LogP contribution >= 0.6 is 15.9 Å². The number of anilines is 1. The van der Waals surface area contributed by atoms with E-state index in [1.807, 2.05) is 0 Å². The monoisotopic (exact) mass is 377 g/mol. The molecule has 2 aromatic rings. The quantitative estimate of drug-likeness (QED) is 0.810. The van der Waals surface area contributed by atoms with Crippen LogP contribution in [0.2, 0.25) is 0 Å². The standard InChI is InChI=1S/C16H16BrN3O3/c1-23-13-3-2-9-18-15(13)20-14(21)8-10-19-16(22)11-4-6-12(17)7-5-11/h2-7,9H,8,10H2,1H3,(H,19,22)(H,18,20,21). The van der Waals surface area contributed by atoms with Gasteiger partial charge in [0.15, 0.2) is 11.6 Å². The molecule has 0 fully saturated rings. The van der Waals surface area contributed by atoms with Crippen LogP contribution in [0.5, 0.6) is 5.75 Å². The van der Waals surface area contributed by atoms with Crippen molar-refractivity contribution in [2.75, 3.05) is 19.0 Å². The number of aromatic nitrogens is 1. The Labute approximate surface area is 142 Å². The summed E-state index contributed by atoms with van der Waals surface area (Å²) in [6.07, 6.45) is 1.70. The number of hydrogen-bond donors (Lipinski definition) is 2. The predicted molar refractivity (Wildman–Crippen MR) is 90.5 cm³/mol. The zero-order valence-electron chi connectivity index (χ0n) is 12.5. The highest BCUT2D eigenvalue weighted by atomic mass is 79.9. The molecular weight excluding hydrogens is 362 g/mol. The lowest BCUT2D eigenvalue weighted by molar-refractivity contribution is -0.116. The van der Waals surface area contributed by atoms with E-state index in [0.717, 1.165) is 4.47 Å². The van der Waals surface area contributed by atoms with E-state index in [1.54, 1.807) is 42.6 Å². The molecule has 1 aromatic heterocycles. The van der Waals surface area contributed by atoms with Crippen molar-refractivity contribution in [1.82, 2.24) is 10.3 Å². The number of hydrogen-bond acceptors (Lipinski definition) is 4. The van der Waals surface area contributed by atoms with Crippen LogP contribution < -0.4 is 15.4 Å². The van der Waals surface area contributed by atoms with Crippen molar-refractivity contribution in [3.05, 3.63) is 52.6 Å². The number of nitrogens with zero attached hydrogens (tertiary/aromatic N) is 1. The van der Waals surface area contributed by atoms with Gasteiger partial charge in [-0.05, 0) is 36.4 Å². The fraction of sp³-hybridized carbons (Fsp3) is 0.188. The van der Waals surface area contributed by atoms with Crippen LogP contribution in [0, 0.1) is 0 Å². The lowest BCUT2D eigenvalue weighted by atomic mass is 10.2. The third kappa shape index (κ3) is 5.07. The average Bonchev–Trinajstić information content (AvgIpc) is 2.56. The first-order valence-corrected chi connectivity index (χ1v) is 7.72. The first-order valence-electron chi connectivity index (χ1n) is 6.93. The summed E-state index contributed by atoms with van der Waals surface area (Å²) < 4.78 is 6.01. The molecule has 2 rings (SSSR count). The minimum atomic E-state index is -0.252. The van der Waals surface area contributed by atoms with Crippen molar-refractivity contribution in [3.63, 3.8) is 0 Å². The lowest BCUT2D eigenvalue weighted by Crippen LogP contribution is -2.27. The van der Waals surface area contributed by atoms with E-state index in [1.165, 1.54) is 7.11 Å². The Kier molecular flexibility index (Phi) is 6.10. The largest absolute Gasteiger partial charge is 0.493 e. The average molecular weight is 378 g/mol. The molecule has 0 aliphatic rings. The van der Waals surface area contributed by atoms with Crippen LogP contribution in [0.25, 0.3) is 0 Å². The molecule has 0 saturated carbocycles. The molecule has 6 nitrogen and oxygen atoms in total. The Bertz CT molecular complexity index is 689. The van der Waals surface area contributed by atoms with Gasteiger partial charge in [0.1, 0.15) is 0 Å². The summed E-state index contributed by atoms with van der Waals surface area (Å²) in [4.78, 5) is 27.8. The van der Waals surface area contributed by atoms with E-state index in [2.05, 4.69) is 31.5 Å². The van der Waals surface area contributed by atoms with Gasteiger partial charge in [-0.3, -0.25) is 9.59 Å². The molecule has 2 amide bonds. The Morgan fingerprint density at radius 2 is 1.96 bits per heavy atom. The molecule has 1 heterocycles. The molecule has 0 saturated heterocycles. The number of halogens is 1. The van der Waals surface area contributed by atoms with Crippen molar-refractivity contribution >= 4 is 33.6 Å². The number of rotatable bonds is 6. The number of nitrogens with one attached hydrogen (secondary N) is 2. The second kappa shape index (κ2) is 8.28. The number of pyridine rings is 1. The Hall–Kier alpha value is -2.41. The van der Waals surface area contributed by atoms with Gasteiger partial charge < -0.3 is 15.4 Å². The minimum Gasteiger partial charge on any atom is -0.493 e. The van der Waals surface area contributed by atoms with Gasteiger partial charge in [-0.25, -0.2) is 4.98 Å². The lowest BCUT2D eigenvalue weighted by Gasteiger charge is -2.09. The molecule has 0 atom stereocenters. The first-order chi connectivity index (χ1) is 11.1. The van der Waals surface area contributed by atoms with Crippen LogP contribution in [0.1, 0.15) is 16.8 Å². The number of methoxy groups -OCH3 is 1. The number of carbonyl (C=O) groups excluding carboxylic acids is 2. The molecule has 0 aliphatic carbocycles. The highest BCUT2D eigenvalue weighted by Crippen LogP contribution is 2.19. The van der Waals surface area contributed by atoms with Crippen molar-refractivity contribution in [3.8, 4) is 5.75 Å². The molecule has 23 heavy (non-hydrogen) atoms. The molecule has 0 radical (unpaired) electrons. The molecule has 7 heteroatoms. The van der Waals surface area contributed by atoms with E-state index < -0.39 is 0 Å². The summed E-state index contributed by atoms with van der Waals surface area (Å²) in [5.41, 5.74) is 0.542. The van der Waals surface area contributed by atoms with Gasteiger partial charge in [0, 0.05) is 29.2 Å². The van der Waals surface area contributed by atoms with Crippen LogP contribution in [-0.4, -0.2) is 30.5 Å². The van der Waals surface area contributed by atoms with Gasteiger partial charge in [-0.2, -0.15) is 0 Å². The SMILES string of the molecule is COc1cccnc1NC(=O)CCNC(=O)c1ccc(Br)cc1. The highest BCUT2D eigenvalue weighted by molar-refractivity contribution is 9.10. The fourth-order valence-electron chi connectivity index (χ4n) is 1.84. The molecule has 0 unspecified atom stereocenters. The first kappa shape index (κ1) is 17.0. The summed E-state index contributed by atoms with van der Waals surface area (Å²) in [6.45, 7) is 0.232. The second-order valence-electron chi connectivity index (χ2n) is 4.62. The predicted octanol–water partition coefficient (Wildman–Crippen LogP) is 2.61. The smallest absolute Gasteiger partial charge is 0.251 e. The molecule has 0 spiro atoms. The number of amides is 2. The molecular formula is C16H16BrN3O3. The van der Waals surface area contributed by atoms with E-state index in [9.17, 15) is 9.59 Å². The van der Waals surface area contributed by atoms with Gasteiger partial charge in [0.05, 0.1) is 7.11 Å². The maximum atomic E-state index is 11.9. The van der Waals surface area contributed by atoms with Crippen molar-refractivity contribution < 1.29 is 14.3 Å². The number of carbonyl (C=O) groups is 2. The van der Waals surface area contributed by atoms with Gasteiger partial charge in [-0.15, -0.1) is 0 Å². The molecule has 1 aromatic carbocycles. The summed E-state index contributed by atoms with van der Waals surface area (Å²) in [5.74, 6) is 0.373. The van der Waals surface area contributed by atoms with E-state index in [0.29, 0.717) is 17.1 Å². The summed E-state index contributed by atoms with van der Waals surface area (Å²) >= 11 is 3.31. The van der Waals surface area contributed by atoms with E-state index in [-0.39, 0.29) is 24.8 Å².